The molecule has 0 saturated heterocycles. The van der Waals surface area contributed by atoms with Gasteiger partial charge >= 0.3 is 0 Å². The Morgan fingerprint density at radius 3 is 2.39 bits per heavy atom. The van der Waals surface area contributed by atoms with Crippen LogP contribution in [-0.2, 0) is 0 Å². The maximum absolute atomic E-state index is 12.5. The number of methoxy groups -OCH3 is 2. The first kappa shape index (κ1) is 15.2. The van der Waals surface area contributed by atoms with Crippen LogP contribution >= 0.6 is 0 Å². The van der Waals surface area contributed by atoms with Crippen LogP contribution in [0.15, 0.2) is 36.4 Å². The topological polar surface area (TPSA) is 85.2 Å². The molecule has 1 heterocycles. The normalized spacial score (nSPS) is 19.7. The number of hydrogen-bond donors (Lipinski definition) is 2. The number of aliphatic hydroxyl groups excluding tert-OH is 1. The van der Waals surface area contributed by atoms with E-state index < -0.39 is 18.0 Å². The second kappa shape index (κ2) is 5.81. The number of carbonyl (C=O) groups excluding carboxylic acids is 1. The van der Waals surface area contributed by atoms with E-state index in [9.17, 15) is 15.0 Å². The fourth-order valence-corrected chi connectivity index (χ4v) is 2.58. The van der Waals surface area contributed by atoms with Gasteiger partial charge in [0.25, 0.3) is 0 Å². The molecule has 2 N–H and O–H groups in total. The van der Waals surface area contributed by atoms with E-state index in [4.69, 9.17) is 14.2 Å². The van der Waals surface area contributed by atoms with E-state index >= 15 is 0 Å². The molecule has 1 aliphatic rings. The van der Waals surface area contributed by atoms with Crippen molar-refractivity contribution in [3.8, 4) is 23.0 Å². The van der Waals surface area contributed by atoms with Crippen LogP contribution in [0.5, 0.6) is 23.0 Å². The van der Waals surface area contributed by atoms with Crippen molar-refractivity contribution < 1.29 is 29.2 Å². The summed E-state index contributed by atoms with van der Waals surface area (Å²) in [5.41, 5.74) is 0.770. The molecular formula is C17H16O6. The Labute approximate surface area is 132 Å². The first-order valence-electron chi connectivity index (χ1n) is 6.99. The predicted octanol–water partition coefficient (Wildman–Crippen LogP) is 2.09. The number of aliphatic hydroxyl groups is 1. The molecule has 2 aromatic carbocycles. The van der Waals surface area contributed by atoms with Gasteiger partial charge in [0.1, 0.15) is 28.6 Å². The van der Waals surface area contributed by atoms with E-state index in [1.807, 2.05) is 0 Å². The molecule has 1 aliphatic heterocycles. The monoisotopic (exact) mass is 316 g/mol. The van der Waals surface area contributed by atoms with Crippen molar-refractivity contribution in [2.75, 3.05) is 14.2 Å². The van der Waals surface area contributed by atoms with E-state index in [2.05, 4.69) is 0 Å². The van der Waals surface area contributed by atoms with Crippen molar-refractivity contribution in [3.63, 3.8) is 0 Å². The average molecular weight is 316 g/mol. The minimum atomic E-state index is -1.37. The summed E-state index contributed by atoms with van der Waals surface area (Å²) in [4.78, 5) is 12.5. The number of ketones is 1. The number of phenolic OH excluding ortho intramolecular Hbond substituents is 1. The van der Waals surface area contributed by atoms with Crippen LogP contribution in [0.2, 0.25) is 0 Å². The van der Waals surface area contributed by atoms with E-state index in [1.54, 1.807) is 24.3 Å². The van der Waals surface area contributed by atoms with E-state index in [1.165, 1.54) is 26.4 Å². The highest BCUT2D eigenvalue weighted by Crippen LogP contribution is 2.42. The molecule has 6 heteroatoms. The predicted molar refractivity (Wildman–Crippen MR) is 81.4 cm³/mol. The third-order valence-corrected chi connectivity index (χ3v) is 3.77. The second-order valence-electron chi connectivity index (χ2n) is 5.14. The van der Waals surface area contributed by atoms with Gasteiger partial charge in [-0.2, -0.15) is 0 Å². The van der Waals surface area contributed by atoms with Crippen molar-refractivity contribution >= 4 is 5.78 Å². The molecule has 0 fully saturated rings. The third kappa shape index (κ3) is 2.57. The summed E-state index contributed by atoms with van der Waals surface area (Å²) < 4.78 is 16.2. The summed E-state index contributed by atoms with van der Waals surface area (Å²) in [5.74, 6) is 0.661. The number of benzene rings is 2. The average Bonchev–Trinajstić information content (AvgIpc) is 2.57. The van der Waals surface area contributed by atoms with Gasteiger partial charge in [-0.3, -0.25) is 4.79 Å². The van der Waals surface area contributed by atoms with Crippen molar-refractivity contribution in [3.05, 3.63) is 47.5 Å². The molecule has 0 aromatic heterocycles. The van der Waals surface area contributed by atoms with Crippen LogP contribution in [0.25, 0.3) is 0 Å². The zero-order valence-electron chi connectivity index (χ0n) is 12.6. The van der Waals surface area contributed by atoms with Crippen LogP contribution in [0.1, 0.15) is 22.0 Å². The van der Waals surface area contributed by atoms with Crippen molar-refractivity contribution in [1.29, 1.82) is 0 Å². The fourth-order valence-electron chi connectivity index (χ4n) is 2.58. The number of rotatable bonds is 3. The standard InChI is InChI=1S/C17H16O6/c1-21-11-7-12(22-2)14-13(8-11)23-17(16(20)15(14)19)9-3-5-10(18)6-4-9/h3-8,16-18,20H,1-2H3/t16-,17+/m1/s1. The number of Topliss-reactive ketones (excluding diaryl/α,β-unsaturated/α-hetero) is 1. The number of aromatic hydroxyl groups is 1. The molecule has 0 bridgehead atoms. The number of fused-ring (bicyclic) bond motifs is 1. The molecular weight excluding hydrogens is 300 g/mol. The van der Waals surface area contributed by atoms with Crippen molar-refractivity contribution in [2.24, 2.45) is 0 Å². The molecule has 0 amide bonds. The Morgan fingerprint density at radius 1 is 1.09 bits per heavy atom. The van der Waals surface area contributed by atoms with Crippen molar-refractivity contribution in [2.45, 2.75) is 12.2 Å². The molecule has 120 valence electrons. The van der Waals surface area contributed by atoms with Gasteiger partial charge in [-0.1, -0.05) is 12.1 Å². The Kier molecular flexibility index (Phi) is 3.83. The van der Waals surface area contributed by atoms with E-state index in [0.29, 0.717) is 11.3 Å². The minimum Gasteiger partial charge on any atom is -0.508 e. The zero-order chi connectivity index (χ0) is 16.6. The minimum absolute atomic E-state index is 0.0918. The lowest BCUT2D eigenvalue weighted by atomic mass is 9.93. The molecule has 3 rings (SSSR count). The zero-order valence-corrected chi connectivity index (χ0v) is 12.6. The number of ether oxygens (including phenoxy) is 3. The Hall–Kier alpha value is -2.73. The number of carbonyl (C=O) groups is 1. The molecule has 23 heavy (non-hydrogen) atoms. The van der Waals surface area contributed by atoms with Gasteiger partial charge in [0.15, 0.2) is 12.2 Å². The Morgan fingerprint density at radius 2 is 1.78 bits per heavy atom. The molecule has 0 radical (unpaired) electrons. The molecule has 0 spiro atoms. The van der Waals surface area contributed by atoms with E-state index in [0.717, 1.165) is 0 Å². The van der Waals surface area contributed by atoms with Crippen LogP contribution in [0.3, 0.4) is 0 Å². The lowest BCUT2D eigenvalue weighted by Crippen LogP contribution is -2.36. The number of hydrogen-bond acceptors (Lipinski definition) is 6. The summed E-state index contributed by atoms with van der Waals surface area (Å²) in [5, 5.41) is 19.7. The second-order valence-corrected chi connectivity index (χ2v) is 5.14. The molecule has 2 atom stereocenters. The molecule has 0 aliphatic carbocycles. The first-order chi connectivity index (χ1) is 11.0. The highest BCUT2D eigenvalue weighted by molar-refractivity contribution is 6.05. The van der Waals surface area contributed by atoms with Gasteiger partial charge in [-0.15, -0.1) is 0 Å². The first-order valence-corrected chi connectivity index (χ1v) is 6.99. The number of phenols is 1. The maximum Gasteiger partial charge on any atom is 0.202 e. The van der Waals surface area contributed by atoms with Gasteiger partial charge in [0, 0.05) is 12.1 Å². The van der Waals surface area contributed by atoms with Crippen LogP contribution in [0, 0.1) is 0 Å². The SMILES string of the molecule is COc1cc(OC)c2c(c1)O[C@@H](c1ccc(O)cc1)[C@H](O)C2=O. The highest BCUT2D eigenvalue weighted by Gasteiger charge is 2.39. The highest BCUT2D eigenvalue weighted by atomic mass is 16.5. The van der Waals surface area contributed by atoms with Crippen LogP contribution < -0.4 is 14.2 Å². The summed E-state index contributed by atoms with van der Waals surface area (Å²) in [7, 11) is 2.93. The third-order valence-electron chi connectivity index (χ3n) is 3.77. The van der Waals surface area contributed by atoms with Gasteiger partial charge < -0.3 is 24.4 Å². The van der Waals surface area contributed by atoms with Gasteiger partial charge in [-0.05, 0) is 17.7 Å². The van der Waals surface area contributed by atoms with Gasteiger partial charge in [0.05, 0.1) is 14.2 Å². The quantitative estimate of drug-likeness (QED) is 0.902. The summed E-state index contributed by atoms with van der Waals surface area (Å²) in [6, 6.07) is 9.27. The Bertz CT molecular complexity index is 737. The maximum atomic E-state index is 12.5. The Balaban J connectivity index is 2.07. The fraction of sp³-hybridized carbons (Fsp3) is 0.235. The summed E-state index contributed by atoms with van der Waals surface area (Å²) in [6.45, 7) is 0. The lowest BCUT2D eigenvalue weighted by Gasteiger charge is -2.30. The summed E-state index contributed by atoms with van der Waals surface area (Å²) in [6.07, 6.45) is -2.23. The largest absolute Gasteiger partial charge is 0.508 e. The van der Waals surface area contributed by atoms with E-state index in [-0.39, 0.29) is 22.8 Å². The van der Waals surface area contributed by atoms with Gasteiger partial charge in [-0.25, -0.2) is 0 Å². The smallest absolute Gasteiger partial charge is 0.202 e. The van der Waals surface area contributed by atoms with Crippen LogP contribution in [0.4, 0.5) is 0 Å². The molecule has 2 aromatic rings. The lowest BCUT2D eigenvalue weighted by molar-refractivity contribution is 0.0210. The van der Waals surface area contributed by atoms with Crippen LogP contribution in [-0.4, -0.2) is 36.3 Å². The molecule has 6 nitrogen and oxygen atoms in total. The molecule has 0 saturated carbocycles. The van der Waals surface area contributed by atoms with Gasteiger partial charge in [0.2, 0.25) is 5.78 Å². The molecule has 0 unspecified atom stereocenters. The van der Waals surface area contributed by atoms with Crippen molar-refractivity contribution in [1.82, 2.24) is 0 Å². The summed E-state index contributed by atoms with van der Waals surface area (Å²) >= 11 is 0.